The van der Waals surface area contributed by atoms with Crippen molar-refractivity contribution >= 4 is 23.6 Å². The van der Waals surface area contributed by atoms with Crippen molar-refractivity contribution in [2.24, 2.45) is 0 Å². The molecule has 1 rings (SSSR count). The van der Waals surface area contributed by atoms with E-state index >= 15 is 0 Å². The summed E-state index contributed by atoms with van der Waals surface area (Å²) in [4.78, 5) is 24.2. The van der Waals surface area contributed by atoms with E-state index in [1.165, 1.54) is 4.90 Å². The molecule has 0 aliphatic heterocycles. The second-order valence-electron chi connectivity index (χ2n) is 5.44. The maximum atomic E-state index is 12.1. The Balaban J connectivity index is 2.67. The lowest BCUT2D eigenvalue weighted by molar-refractivity contribution is -0.138. The number of nitrogens with one attached hydrogen (secondary N) is 1. The van der Waals surface area contributed by atoms with Crippen LogP contribution in [0.2, 0.25) is 5.02 Å². The smallest absolute Gasteiger partial charge is 0.323 e. The lowest BCUT2D eigenvalue weighted by Crippen LogP contribution is -2.52. The minimum atomic E-state index is -1.04. The number of amides is 2. The molecular formula is C14H19ClN2O3. The summed E-state index contributed by atoms with van der Waals surface area (Å²) in [6, 6.07) is 6.68. The Morgan fingerprint density at radius 2 is 1.80 bits per heavy atom. The monoisotopic (exact) mass is 298 g/mol. The van der Waals surface area contributed by atoms with Gasteiger partial charge >= 0.3 is 12.0 Å². The maximum absolute atomic E-state index is 12.1. The molecule has 0 bridgehead atoms. The fourth-order valence-corrected chi connectivity index (χ4v) is 1.75. The van der Waals surface area contributed by atoms with Gasteiger partial charge < -0.3 is 15.3 Å². The highest BCUT2D eigenvalue weighted by atomic mass is 35.5. The molecule has 2 N–H and O–H groups in total. The first-order valence-electron chi connectivity index (χ1n) is 6.22. The summed E-state index contributed by atoms with van der Waals surface area (Å²) < 4.78 is 0. The van der Waals surface area contributed by atoms with Crippen molar-refractivity contribution in [1.82, 2.24) is 10.2 Å². The van der Waals surface area contributed by atoms with Crippen LogP contribution in [-0.2, 0) is 11.3 Å². The zero-order valence-corrected chi connectivity index (χ0v) is 12.6. The van der Waals surface area contributed by atoms with Crippen LogP contribution >= 0.6 is 11.6 Å². The van der Waals surface area contributed by atoms with Crippen molar-refractivity contribution in [3.05, 3.63) is 34.9 Å². The van der Waals surface area contributed by atoms with Gasteiger partial charge in [0.25, 0.3) is 0 Å². The number of carboxylic acids is 1. The summed E-state index contributed by atoms with van der Waals surface area (Å²) in [5.41, 5.74) is 0.328. The van der Waals surface area contributed by atoms with Crippen LogP contribution in [0.1, 0.15) is 26.3 Å². The van der Waals surface area contributed by atoms with E-state index in [2.05, 4.69) is 5.32 Å². The first-order valence-corrected chi connectivity index (χ1v) is 6.59. The number of halogens is 1. The number of urea groups is 1. The highest BCUT2D eigenvalue weighted by molar-refractivity contribution is 6.30. The Hall–Kier alpha value is -1.75. The Morgan fingerprint density at radius 3 is 2.25 bits per heavy atom. The SMILES string of the molecule is CC(C)(C)N(CC(=O)O)C(=O)NCc1ccc(Cl)cc1. The number of hydrogen-bond acceptors (Lipinski definition) is 2. The number of carboxylic acid groups (broad SMARTS) is 1. The fourth-order valence-electron chi connectivity index (χ4n) is 1.62. The Kier molecular flexibility index (Phi) is 5.39. The van der Waals surface area contributed by atoms with Gasteiger partial charge in [-0.25, -0.2) is 4.79 Å². The summed E-state index contributed by atoms with van der Waals surface area (Å²) >= 11 is 5.78. The van der Waals surface area contributed by atoms with Crippen LogP contribution in [0.25, 0.3) is 0 Å². The summed E-state index contributed by atoms with van der Waals surface area (Å²) in [6.07, 6.45) is 0. The first-order chi connectivity index (χ1) is 9.20. The van der Waals surface area contributed by atoms with Crippen LogP contribution < -0.4 is 5.32 Å². The van der Waals surface area contributed by atoms with Gasteiger partial charge in [0.05, 0.1) is 0 Å². The molecule has 0 heterocycles. The fraction of sp³-hybridized carbons (Fsp3) is 0.429. The average Bonchev–Trinajstić information content (AvgIpc) is 2.33. The molecule has 0 saturated carbocycles. The van der Waals surface area contributed by atoms with Gasteiger partial charge in [-0.3, -0.25) is 4.79 Å². The van der Waals surface area contributed by atoms with E-state index in [9.17, 15) is 9.59 Å². The van der Waals surface area contributed by atoms with Crippen LogP contribution in [-0.4, -0.2) is 34.1 Å². The molecule has 0 aliphatic carbocycles. The summed E-state index contributed by atoms with van der Waals surface area (Å²) in [5, 5.41) is 12.2. The second kappa shape index (κ2) is 6.61. The van der Waals surface area contributed by atoms with Gasteiger partial charge in [-0.2, -0.15) is 0 Å². The molecular weight excluding hydrogens is 280 g/mol. The number of aliphatic carboxylic acids is 1. The normalized spacial score (nSPS) is 11.0. The molecule has 1 aromatic carbocycles. The molecule has 1 aromatic rings. The molecule has 0 atom stereocenters. The molecule has 0 spiro atoms. The number of carbonyl (C=O) groups excluding carboxylic acids is 1. The third-order valence-corrected chi connectivity index (χ3v) is 2.96. The Bertz CT molecular complexity index is 480. The maximum Gasteiger partial charge on any atom is 0.323 e. The third kappa shape index (κ3) is 5.09. The molecule has 2 amide bonds. The Labute approximate surface area is 123 Å². The molecule has 110 valence electrons. The zero-order chi connectivity index (χ0) is 15.3. The predicted molar refractivity (Wildman–Crippen MR) is 77.8 cm³/mol. The predicted octanol–water partition coefficient (Wildman–Crippen LogP) is 2.73. The number of carbonyl (C=O) groups is 2. The molecule has 0 unspecified atom stereocenters. The minimum absolute atomic E-state index is 0.322. The van der Waals surface area contributed by atoms with Crippen molar-refractivity contribution in [3.63, 3.8) is 0 Å². The van der Waals surface area contributed by atoms with Crippen molar-refractivity contribution in [2.45, 2.75) is 32.9 Å². The van der Waals surface area contributed by atoms with Crippen LogP contribution in [0.3, 0.4) is 0 Å². The Morgan fingerprint density at radius 1 is 1.25 bits per heavy atom. The first kappa shape index (κ1) is 16.3. The molecule has 0 radical (unpaired) electrons. The molecule has 0 saturated heterocycles. The van der Waals surface area contributed by atoms with Crippen molar-refractivity contribution in [1.29, 1.82) is 0 Å². The second-order valence-corrected chi connectivity index (χ2v) is 5.87. The van der Waals surface area contributed by atoms with E-state index in [1.54, 1.807) is 45.0 Å². The van der Waals surface area contributed by atoms with Gasteiger partial charge in [-0.15, -0.1) is 0 Å². The van der Waals surface area contributed by atoms with Crippen LogP contribution in [0.4, 0.5) is 4.79 Å². The highest BCUT2D eigenvalue weighted by Gasteiger charge is 2.28. The number of rotatable bonds is 4. The average molecular weight is 299 g/mol. The molecule has 20 heavy (non-hydrogen) atoms. The third-order valence-electron chi connectivity index (χ3n) is 2.71. The van der Waals surface area contributed by atoms with Crippen LogP contribution in [0, 0.1) is 0 Å². The van der Waals surface area contributed by atoms with Gasteiger partial charge in [-0.1, -0.05) is 23.7 Å². The number of hydrogen-bond donors (Lipinski definition) is 2. The summed E-state index contributed by atoms with van der Waals surface area (Å²) in [7, 11) is 0. The van der Waals surface area contributed by atoms with E-state index in [0.717, 1.165) is 5.56 Å². The van der Waals surface area contributed by atoms with E-state index in [-0.39, 0.29) is 6.54 Å². The highest BCUT2D eigenvalue weighted by Crippen LogP contribution is 2.14. The van der Waals surface area contributed by atoms with Gasteiger partial charge in [0.1, 0.15) is 6.54 Å². The standard InChI is InChI=1S/C14H19ClN2O3/c1-14(2,3)17(9-12(18)19)13(20)16-8-10-4-6-11(15)7-5-10/h4-7H,8-9H2,1-3H3,(H,16,20)(H,18,19). The minimum Gasteiger partial charge on any atom is -0.480 e. The largest absolute Gasteiger partial charge is 0.480 e. The lowest BCUT2D eigenvalue weighted by atomic mass is 10.1. The number of nitrogens with zero attached hydrogens (tertiary/aromatic N) is 1. The molecule has 5 nitrogen and oxygen atoms in total. The van der Waals surface area contributed by atoms with Crippen molar-refractivity contribution < 1.29 is 14.7 Å². The van der Waals surface area contributed by atoms with Gasteiger partial charge in [0, 0.05) is 17.1 Å². The van der Waals surface area contributed by atoms with Gasteiger partial charge in [0.2, 0.25) is 0 Å². The van der Waals surface area contributed by atoms with Crippen LogP contribution in [0.5, 0.6) is 0 Å². The molecule has 0 aromatic heterocycles. The van der Waals surface area contributed by atoms with Gasteiger partial charge in [0.15, 0.2) is 0 Å². The summed E-state index contributed by atoms with van der Waals surface area (Å²) in [6.45, 7) is 5.35. The van der Waals surface area contributed by atoms with E-state index in [0.29, 0.717) is 11.6 Å². The zero-order valence-electron chi connectivity index (χ0n) is 11.8. The van der Waals surface area contributed by atoms with E-state index in [4.69, 9.17) is 16.7 Å². The van der Waals surface area contributed by atoms with Gasteiger partial charge in [-0.05, 0) is 38.5 Å². The quantitative estimate of drug-likeness (QED) is 0.898. The number of benzene rings is 1. The van der Waals surface area contributed by atoms with Crippen molar-refractivity contribution in [2.75, 3.05) is 6.54 Å². The summed E-state index contributed by atoms with van der Waals surface area (Å²) in [5.74, 6) is -1.04. The lowest BCUT2D eigenvalue weighted by Gasteiger charge is -2.34. The topological polar surface area (TPSA) is 69.6 Å². The molecule has 6 heteroatoms. The molecule has 0 fully saturated rings. The van der Waals surface area contributed by atoms with E-state index in [1.807, 2.05) is 0 Å². The van der Waals surface area contributed by atoms with Crippen molar-refractivity contribution in [3.8, 4) is 0 Å². The van der Waals surface area contributed by atoms with Crippen LogP contribution in [0.15, 0.2) is 24.3 Å². The van der Waals surface area contributed by atoms with E-state index < -0.39 is 17.5 Å². The molecule has 0 aliphatic rings.